The number of hydrogen-bond donors (Lipinski definition) is 0. The first-order valence-corrected chi connectivity index (χ1v) is 7.40. The van der Waals surface area contributed by atoms with Crippen LogP contribution in [0.3, 0.4) is 0 Å². The highest BCUT2D eigenvalue weighted by molar-refractivity contribution is 5.34. The second-order valence-electron chi connectivity index (χ2n) is 5.76. The Balaban J connectivity index is 1.81. The van der Waals surface area contributed by atoms with Crippen molar-refractivity contribution in [2.24, 2.45) is 0 Å². The van der Waals surface area contributed by atoms with Crippen molar-refractivity contribution in [2.75, 3.05) is 13.6 Å². The monoisotopic (exact) mass is 270 g/mol. The minimum Gasteiger partial charge on any atom is -0.303 e. The number of aryl methyl sites for hydroxylation is 1. The van der Waals surface area contributed by atoms with Gasteiger partial charge in [-0.3, -0.25) is 0 Å². The van der Waals surface area contributed by atoms with Gasteiger partial charge in [0.25, 0.3) is 0 Å². The van der Waals surface area contributed by atoms with E-state index in [2.05, 4.69) is 53.2 Å². The average molecular weight is 270 g/mol. The van der Waals surface area contributed by atoms with Gasteiger partial charge in [0.05, 0.1) is 5.69 Å². The average Bonchev–Trinajstić information content (AvgIpc) is 2.90. The molecule has 106 valence electrons. The zero-order chi connectivity index (χ0) is 13.9. The molecule has 2 heterocycles. The van der Waals surface area contributed by atoms with Crippen molar-refractivity contribution in [1.29, 1.82) is 0 Å². The van der Waals surface area contributed by atoms with Crippen LogP contribution in [0.25, 0.3) is 5.69 Å². The highest BCUT2D eigenvalue weighted by Gasteiger charge is 2.21. The van der Waals surface area contributed by atoms with Crippen LogP contribution in [0.4, 0.5) is 0 Å². The van der Waals surface area contributed by atoms with E-state index < -0.39 is 0 Å². The van der Waals surface area contributed by atoms with Crippen molar-refractivity contribution < 1.29 is 0 Å². The van der Waals surface area contributed by atoms with Crippen molar-refractivity contribution in [1.82, 2.24) is 19.7 Å². The molecule has 0 N–H and O–H groups in total. The number of likely N-dealkylation sites (tertiary alicyclic amines) is 1. The molecule has 0 unspecified atom stereocenters. The highest BCUT2D eigenvalue weighted by atomic mass is 15.3. The molecule has 1 aromatic heterocycles. The molecule has 0 bridgehead atoms. The molecule has 1 saturated heterocycles. The largest absolute Gasteiger partial charge is 0.303 e. The first-order chi connectivity index (χ1) is 9.74. The number of piperidine rings is 1. The molecular weight excluding hydrogens is 248 g/mol. The molecule has 0 aliphatic carbocycles. The van der Waals surface area contributed by atoms with Crippen LogP contribution in [0.15, 0.2) is 30.6 Å². The molecule has 2 aromatic rings. The third-order valence-corrected chi connectivity index (χ3v) is 4.24. The molecule has 1 aromatic carbocycles. The number of hydrogen-bond acceptors (Lipinski definition) is 3. The summed E-state index contributed by atoms with van der Waals surface area (Å²) in [4.78, 5) is 6.92. The van der Waals surface area contributed by atoms with E-state index in [1.165, 1.54) is 31.4 Å². The van der Waals surface area contributed by atoms with E-state index in [1.807, 2.05) is 4.68 Å². The standard InChI is InChI=1S/C16H22N4/c1-13-6-8-14(9-7-13)20-16(17-12-18-20)11-15-5-3-4-10-19(15)2/h6-9,12,15H,3-5,10-11H2,1-2H3/t15-/m0/s1. The normalized spacial score (nSPS) is 20.2. The van der Waals surface area contributed by atoms with E-state index in [0.717, 1.165) is 17.9 Å². The predicted octanol–water partition coefficient (Wildman–Crippen LogP) is 2.60. The third kappa shape index (κ3) is 2.75. The van der Waals surface area contributed by atoms with Gasteiger partial charge in [-0.2, -0.15) is 5.10 Å². The Labute approximate surface area is 120 Å². The fourth-order valence-corrected chi connectivity index (χ4v) is 2.92. The number of rotatable bonds is 3. The van der Waals surface area contributed by atoms with E-state index in [-0.39, 0.29) is 0 Å². The second kappa shape index (κ2) is 5.75. The van der Waals surface area contributed by atoms with Gasteiger partial charge in [0, 0.05) is 12.5 Å². The van der Waals surface area contributed by atoms with E-state index in [0.29, 0.717) is 6.04 Å². The maximum atomic E-state index is 4.47. The summed E-state index contributed by atoms with van der Waals surface area (Å²) in [6.07, 6.45) is 6.55. The summed E-state index contributed by atoms with van der Waals surface area (Å²) in [6.45, 7) is 3.30. The number of benzene rings is 1. The molecule has 0 amide bonds. The Morgan fingerprint density at radius 3 is 2.75 bits per heavy atom. The van der Waals surface area contributed by atoms with Gasteiger partial charge in [-0.1, -0.05) is 24.1 Å². The zero-order valence-electron chi connectivity index (χ0n) is 12.3. The third-order valence-electron chi connectivity index (χ3n) is 4.24. The number of nitrogens with zero attached hydrogens (tertiary/aromatic N) is 4. The van der Waals surface area contributed by atoms with Crippen LogP contribution < -0.4 is 0 Å². The Kier molecular flexibility index (Phi) is 3.83. The summed E-state index contributed by atoms with van der Waals surface area (Å²) in [5.74, 6) is 1.06. The Morgan fingerprint density at radius 1 is 1.20 bits per heavy atom. The molecule has 1 aliphatic rings. The van der Waals surface area contributed by atoms with Crippen molar-refractivity contribution in [3.05, 3.63) is 42.0 Å². The summed E-state index contributed by atoms with van der Waals surface area (Å²) >= 11 is 0. The summed E-state index contributed by atoms with van der Waals surface area (Å²) < 4.78 is 1.97. The fourth-order valence-electron chi connectivity index (χ4n) is 2.92. The molecule has 4 heteroatoms. The Morgan fingerprint density at radius 2 is 2.00 bits per heavy atom. The first-order valence-electron chi connectivity index (χ1n) is 7.40. The van der Waals surface area contributed by atoms with Crippen LogP contribution in [0.2, 0.25) is 0 Å². The molecule has 3 rings (SSSR count). The molecule has 0 spiro atoms. The molecule has 20 heavy (non-hydrogen) atoms. The molecule has 4 nitrogen and oxygen atoms in total. The van der Waals surface area contributed by atoms with E-state index in [4.69, 9.17) is 0 Å². The highest BCUT2D eigenvalue weighted by Crippen LogP contribution is 2.19. The van der Waals surface area contributed by atoms with Crippen LogP contribution in [-0.4, -0.2) is 39.3 Å². The van der Waals surface area contributed by atoms with Gasteiger partial charge in [0.1, 0.15) is 12.2 Å². The molecule has 0 radical (unpaired) electrons. The number of aromatic nitrogens is 3. The van der Waals surface area contributed by atoms with Gasteiger partial charge in [-0.25, -0.2) is 9.67 Å². The Bertz CT molecular complexity index is 558. The minimum absolute atomic E-state index is 0.595. The molecule has 1 aliphatic heterocycles. The zero-order valence-corrected chi connectivity index (χ0v) is 12.3. The van der Waals surface area contributed by atoms with Gasteiger partial charge >= 0.3 is 0 Å². The fraction of sp³-hybridized carbons (Fsp3) is 0.500. The molecule has 1 fully saturated rings. The van der Waals surface area contributed by atoms with Crippen LogP contribution in [0, 0.1) is 6.92 Å². The van der Waals surface area contributed by atoms with Crippen molar-refractivity contribution in [3.63, 3.8) is 0 Å². The second-order valence-corrected chi connectivity index (χ2v) is 5.76. The van der Waals surface area contributed by atoms with Gasteiger partial charge in [-0.15, -0.1) is 0 Å². The summed E-state index contributed by atoms with van der Waals surface area (Å²) in [7, 11) is 2.22. The van der Waals surface area contributed by atoms with E-state index >= 15 is 0 Å². The maximum absolute atomic E-state index is 4.47. The quantitative estimate of drug-likeness (QED) is 0.859. The van der Waals surface area contributed by atoms with Crippen LogP contribution >= 0.6 is 0 Å². The smallest absolute Gasteiger partial charge is 0.138 e. The number of likely N-dealkylation sites (N-methyl/N-ethyl adjacent to an activating group) is 1. The van der Waals surface area contributed by atoms with Crippen molar-refractivity contribution in [3.8, 4) is 5.69 Å². The SMILES string of the molecule is Cc1ccc(-n2ncnc2C[C@@H]2CCCCN2C)cc1. The lowest BCUT2D eigenvalue weighted by Crippen LogP contribution is -2.38. The lowest BCUT2D eigenvalue weighted by molar-refractivity contribution is 0.182. The topological polar surface area (TPSA) is 34.0 Å². The van der Waals surface area contributed by atoms with Gasteiger partial charge in [-0.05, 0) is 45.5 Å². The summed E-state index contributed by atoms with van der Waals surface area (Å²) in [6, 6.07) is 9.05. The molecular formula is C16H22N4. The molecule has 1 atom stereocenters. The van der Waals surface area contributed by atoms with Crippen LogP contribution in [0.5, 0.6) is 0 Å². The Hall–Kier alpha value is -1.68. The maximum Gasteiger partial charge on any atom is 0.138 e. The van der Waals surface area contributed by atoms with Gasteiger partial charge in [0.2, 0.25) is 0 Å². The van der Waals surface area contributed by atoms with Crippen LogP contribution in [0.1, 0.15) is 30.7 Å². The van der Waals surface area contributed by atoms with Crippen molar-refractivity contribution in [2.45, 2.75) is 38.6 Å². The van der Waals surface area contributed by atoms with Gasteiger partial charge < -0.3 is 4.90 Å². The summed E-state index contributed by atoms with van der Waals surface area (Å²) in [5.41, 5.74) is 2.36. The first kappa shape index (κ1) is 13.3. The predicted molar refractivity (Wildman–Crippen MR) is 80.1 cm³/mol. The lowest BCUT2D eigenvalue weighted by Gasteiger charge is -2.32. The van der Waals surface area contributed by atoms with Gasteiger partial charge in [0.15, 0.2) is 0 Å². The summed E-state index contributed by atoms with van der Waals surface area (Å²) in [5, 5.41) is 4.39. The minimum atomic E-state index is 0.595. The van der Waals surface area contributed by atoms with E-state index in [1.54, 1.807) is 6.33 Å². The van der Waals surface area contributed by atoms with Crippen molar-refractivity contribution >= 4 is 0 Å². The van der Waals surface area contributed by atoms with E-state index in [9.17, 15) is 0 Å². The van der Waals surface area contributed by atoms with Crippen LogP contribution in [-0.2, 0) is 6.42 Å². The lowest BCUT2D eigenvalue weighted by atomic mass is 10.00. The molecule has 0 saturated carbocycles.